The molecule has 0 aliphatic heterocycles. The molecule has 10 nitrogen and oxygen atoms in total. The van der Waals surface area contributed by atoms with E-state index in [1.54, 1.807) is 0 Å². The molecule has 344 valence electrons. The van der Waals surface area contributed by atoms with Gasteiger partial charge in [-0.05, 0) is 103 Å². The predicted octanol–water partition coefficient (Wildman–Crippen LogP) is 12.9. The standard InChI is InChI=1S/C50H80NO9P/c1-3-5-7-9-11-13-15-17-19-21-23-24-25-26-28-30-32-34-36-38-40-42-49(52)60-47(45-58-61(55,56)59-46-48(51)50(53)54)44-57-43-41-39-37-35-33-31-29-27-22-20-18-16-14-12-10-8-6-4-2/h5-8,11-14,17-20,23-24,26-29,33,35,47-48H,3-4,9-10,15-16,21-22,25,30-32,34,36-46,51H2,1-2H3,(H,53,54)(H,55,56)/b7-5-,8-6-,13-11-,14-12-,19-17-,20-18-,24-23-,28-26-,29-27-,35-33-. The molecule has 0 fully saturated rings. The van der Waals surface area contributed by atoms with Crippen LogP contribution in [0.4, 0.5) is 0 Å². The fourth-order valence-corrected chi connectivity index (χ4v) is 6.08. The van der Waals surface area contributed by atoms with Crippen LogP contribution in [-0.4, -0.2) is 60.5 Å². The summed E-state index contributed by atoms with van der Waals surface area (Å²) in [7, 11) is -4.65. The molecule has 0 saturated heterocycles. The van der Waals surface area contributed by atoms with E-state index in [1.807, 2.05) is 0 Å². The van der Waals surface area contributed by atoms with E-state index in [0.29, 0.717) is 13.0 Å². The maximum Gasteiger partial charge on any atom is 0.472 e. The third-order valence-electron chi connectivity index (χ3n) is 8.74. The van der Waals surface area contributed by atoms with Crippen LogP contribution in [0, 0.1) is 0 Å². The highest BCUT2D eigenvalue weighted by atomic mass is 31.2. The number of hydrogen-bond acceptors (Lipinski definition) is 8. The Balaban J connectivity index is 4.38. The quantitative estimate of drug-likeness (QED) is 0.0234. The van der Waals surface area contributed by atoms with E-state index < -0.39 is 45.1 Å². The Morgan fingerprint density at radius 3 is 1.34 bits per heavy atom. The number of aliphatic carboxylic acids is 1. The highest BCUT2D eigenvalue weighted by Crippen LogP contribution is 2.43. The van der Waals surface area contributed by atoms with Crippen LogP contribution in [0.15, 0.2) is 122 Å². The normalized spacial score (nSPS) is 15.0. The molecule has 0 spiro atoms. The Hall–Kier alpha value is -3.63. The van der Waals surface area contributed by atoms with Crippen molar-refractivity contribution in [3.05, 3.63) is 122 Å². The SMILES string of the molecule is CC/C=C\C/C=C\C/C=C\C/C=C\C/C=C\CCCCCCCC(=O)OC(COCCCC/C=C\C/C=C\C/C=C\C/C=C\C/C=C\CC)COP(=O)(O)OCC(N)C(=O)O. The third kappa shape index (κ3) is 44.2. The van der Waals surface area contributed by atoms with E-state index in [9.17, 15) is 19.0 Å². The summed E-state index contributed by atoms with van der Waals surface area (Å²) in [5, 5.41) is 8.91. The first-order valence-corrected chi connectivity index (χ1v) is 24.1. The first-order chi connectivity index (χ1) is 29.7. The molecule has 4 N–H and O–H groups in total. The maximum atomic E-state index is 12.7. The van der Waals surface area contributed by atoms with Crippen molar-refractivity contribution in [2.24, 2.45) is 5.73 Å². The molecular weight excluding hydrogens is 790 g/mol. The molecule has 3 atom stereocenters. The Labute approximate surface area is 369 Å². The van der Waals surface area contributed by atoms with Gasteiger partial charge in [-0.1, -0.05) is 155 Å². The Morgan fingerprint density at radius 1 is 0.525 bits per heavy atom. The topological polar surface area (TPSA) is 155 Å². The number of ether oxygens (including phenoxy) is 2. The molecule has 0 heterocycles. The zero-order chi connectivity index (χ0) is 44.8. The molecule has 0 aromatic carbocycles. The number of carbonyl (C=O) groups is 2. The Morgan fingerprint density at radius 2 is 0.902 bits per heavy atom. The minimum Gasteiger partial charge on any atom is -0.480 e. The highest BCUT2D eigenvalue weighted by molar-refractivity contribution is 7.47. The van der Waals surface area contributed by atoms with E-state index in [-0.39, 0.29) is 13.0 Å². The minimum atomic E-state index is -4.65. The Bertz CT molecular complexity index is 1420. The summed E-state index contributed by atoms with van der Waals surface area (Å²) in [4.78, 5) is 33.6. The van der Waals surface area contributed by atoms with E-state index >= 15 is 0 Å². The molecule has 0 aliphatic carbocycles. The van der Waals surface area contributed by atoms with Crippen molar-refractivity contribution in [2.75, 3.05) is 26.4 Å². The molecular formula is C50H80NO9P. The van der Waals surface area contributed by atoms with Crippen LogP contribution in [0.2, 0.25) is 0 Å². The van der Waals surface area contributed by atoms with Gasteiger partial charge < -0.3 is 25.2 Å². The van der Waals surface area contributed by atoms with Crippen LogP contribution in [0.5, 0.6) is 0 Å². The second-order valence-electron chi connectivity index (χ2n) is 14.4. The predicted molar refractivity (Wildman–Crippen MR) is 253 cm³/mol. The first-order valence-electron chi connectivity index (χ1n) is 22.6. The summed E-state index contributed by atoms with van der Waals surface area (Å²) in [6.45, 7) is 3.49. The number of phosphoric acid groups is 1. The van der Waals surface area contributed by atoms with Crippen molar-refractivity contribution in [1.29, 1.82) is 0 Å². The molecule has 0 aromatic rings. The van der Waals surface area contributed by atoms with Crippen molar-refractivity contribution in [2.45, 2.75) is 154 Å². The van der Waals surface area contributed by atoms with Gasteiger partial charge in [-0.15, -0.1) is 0 Å². The molecule has 0 aromatic heterocycles. The molecule has 0 bridgehead atoms. The van der Waals surface area contributed by atoms with Crippen LogP contribution in [-0.2, 0) is 32.7 Å². The van der Waals surface area contributed by atoms with Gasteiger partial charge in [-0.3, -0.25) is 18.6 Å². The summed E-state index contributed by atoms with van der Waals surface area (Å²) in [6, 6.07) is -1.49. The summed E-state index contributed by atoms with van der Waals surface area (Å²) < 4.78 is 33.3. The molecule has 0 saturated carbocycles. The lowest BCUT2D eigenvalue weighted by Crippen LogP contribution is -2.34. The summed E-state index contributed by atoms with van der Waals surface area (Å²) in [5.41, 5.74) is 5.36. The lowest BCUT2D eigenvalue weighted by molar-refractivity contribution is -0.154. The van der Waals surface area contributed by atoms with Gasteiger partial charge in [0.15, 0.2) is 0 Å². The number of unbranched alkanes of at least 4 members (excludes halogenated alkanes) is 7. The molecule has 0 rings (SSSR count). The van der Waals surface area contributed by atoms with Gasteiger partial charge in [0.2, 0.25) is 0 Å². The number of hydrogen-bond donors (Lipinski definition) is 3. The van der Waals surface area contributed by atoms with Gasteiger partial charge >= 0.3 is 19.8 Å². The molecule has 11 heteroatoms. The van der Waals surface area contributed by atoms with Crippen LogP contribution in [0.1, 0.15) is 142 Å². The number of phosphoric ester groups is 1. The van der Waals surface area contributed by atoms with Gasteiger partial charge in [-0.2, -0.15) is 0 Å². The number of esters is 1. The number of nitrogens with two attached hydrogens (primary N) is 1. The minimum absolute atomic E-state index is 0.0299. The van der Waals surface area contributed by atoms with E-state index in [4.69, 9.17) is 29.4 Å². The molecule has 0 radical (unpaired) electrons. The number of rotatable bonds is 41. The summed E-state index contributed by atoms with van der Waals surface area (Å²) in [6.07, 6.45) is 61.1. The average molecular weight is 870 g/mol. The first kappa shape index (κ1) is 57.4. The maximum absolute atomic E-state index is 12.7. The monoisotopic (exact) mass is 870 g/mol. The van der Waals surface area contributed by atoms with Crippen LogP contribution >= 0.6 is 7.82 Å². The van der Waals surface area contributed by atoms with Crippen LogP contribution in [0.25, 0.3) is 0 Å². The Kier molecular flexibility index (Phi) is 41.8. The van der Waals surface area contributed by atoms with Gasteiger partial charge in [0.1, 0.15) is 12.1 Å². The lowest BCUT2D eigenvalue weighted by atomic mass is 10.1. The largest absolute Gasteiger partial charge is 0.480 e. The number of carbonyl (C=O) groups excluding carboxylic acids is 1. The number of allylic oxidation sites excluding steroid dienone is 20. The van der Waals surface area contributed by atoms with E-state index in [1.165, 1.54) is 0 Å². The summed E-state index contributed by atoms with van der Waals surface area (Å²) in [5.74, 6) is -1.83. The zero-order valence-electron chi connectivity index (χ0n) is 37.4. The smallest absolute Gasteiger partial charge is 0.472 e. The van der Waals surface area contributed by atoms with Gasteiger partial charge in [0, 0.05) is 13.0 Å². The van der Waals surface area contributed by atoms with E-state index in [2.05, 4.69) is 135 Å². The van der Waals surface area contributed by atoms with Crippen LogP contribution in [0.3, 0.4) is 0 Å². The second kappa shape index (κ2) is 44.4. The highest BCUT2D eigenvalue weighted by Gasteiger charge is 2.27. The van der Waals surface area contributed by atoms with Crippen molar-refractivity contribution in [1.82, 2.24) is 0 Å². The van der Waals surface area contributed by atoms with Crippen LogP contribution < -0.4 is 5.73 Å². The summed E-state index contributed by atoms with van der Waals surface area (Å²) >= 11 is 0. The number of carboxylic acid groups (broad SMARTS) is 1. The number of carboxylic acids is 1. The fraction of sp³-hybridized carbons (Fsp3) is 0.560. The van der Waals surface area contributed by atoms with Crippen molar-refractivity contribution >= 4 is 19.8 Å². The average Bonchev–Trinajstić information content (AvgIpc) is 3.24. The third-order valence-corrected chi connectivity index (χ3v) is 9.69. The van der Waals surface area contributed by atoms with Gasteiger partial charge in [0.25, 0.3) is 0 Å². The molecule has 0 aliphatic rings. The molecule has 3 unspecified atom stereocenters. The molecule has 61 heavy (non-hydrogen) atoms. The van der Waals surface area contributed by atoms with Gasteiger partial charge in [-0.25, -0.2) is 4.57 Å². The fourth-order valence-electron chi connectivity index (χ4n) is 5.30. The second-order valence-corrected chi connectivity index (χ2v) is 15.9. The van der Waals surface area contributed by atoms with Crippen molar-refractivity contribution in [3.63, 3.8) is 0 Å². The molecule has 0 amide bonds. The van der Waals surface area contributed by atoms with Gasteiger partial charge in [0.05, 0.1) is 19.8 Å². The zero-order valence-corrected chi connectivity index (χ0v) is 38.3. The van der Waals surface area contributed by atoms with Crippen molar-refractivity contribution in [3.8, 4) is 0 Å². The van der Waals surface area contributed by atoms with E-state index in [0.717, 1.165) is 116 Å². The lowest BCUT2D eigenvalue weighted by Gasteiger charge is -2.20. The van der Waals surface area contributed by atoms with Crippen molar-refractivity contribution < 1.29 is 42.7 Å².